The van der Waals surface area contributed by atoms with Crippen LogP contribution in [-0.2, 0) is 4.74 Å². The molecule has 0 saturated carbocycles. The van der Waals surface area contributed by atoms with Gasteiger partial charge in [-0.05, 0) is 30.6 Å². The van der Waals surface area contributed by atoms with Crippen molar-refractivity contribution in [3.63, 3.8) is 0 Å². The predicted octanol–water partition coefficient (Wildman–Crippen LogP) is 2.61. The number of fused-ring (bicyclic) bond motifs is 1. The lowest BCUT2D eigenvalue weighted by Crippen LogP contribution is -2.12. The molecule has 3 heteroatoms. The second-order valence-corrected chi connectivity index (χ2v) is 4.22. The molecule has 0 saturated heterocycles. The number of thioether (sulfide) groups is 1. The first kappa shape index (κ1) is 7.44. The summed E-state index contributed by atoms with van der Waals surface area (Å²) in [5.74, 6) is 1.05. The van der Waals surface area contributed by atoms with E-state index < -0.39 is 0 Å². The zero-order valence-electron chi connectivity index (χ0n) is 7.06. The molecule has 0 aromatic rings. The third kappa shape index (κ3) is 1.15. The molecule has 0 spiro atoms. The van der Waals surface area contributed by atoms with Gasteiger partial charge < -0.3 is 4.74 Å². The Morgan fingerprint density at radius 3 is 3.54 bits per heavy atom. The third-order valence-corrected chi connectivity index (χ3v) is 3.36. The van der Waals surface area contributed by atoms with Gasteiger partial charge in [0.15, 0.2) is 0 Å². The highest BCUT2D eigenvalue weighted by Crippen LogP contribution is 2.38. The lowest BCUT2D eigenvalue weighted by molar-refractivity contribution is 0.345. The van der Waals surface area contributed by atoms with E-state index in [-0.39, 0.29) is 0 Å². The van der Waals surface area contributed by atoms with Crippen LogP contribution < -0.4 is 0 Å². The highest BCUT2D eigenvalue weighted by molar-refractivity contribution is 8.15. The summed E-state index contributed by atoms with van der Waals surface area (Å²) >= 11 is 1.71. The van der Waals surface area contributed by atoms with Gasteiger partial charge in [0.1, 0.15) is 5.76 Å². The molecule has 1 unspecified atom stereocenters. The molecule has 1 aliphatic carbocycles. The topological polar surface area (TPSA) is 21.6 Å². The van der Waals surface area contributed by atoms with E-state index in [1.807, 2.05) is 5.55 Å². The first-order chi connectivity index (χ1) is 6.43. The normalized spacial score (nSPS) is 29.5. The highest BCUT2D eigenvalue weighted by atomic mass is 32.2. The SMILES string of the molecule is C1=COC2=C(C1)CC1N=CSC1=C2. The molecule has 0 amide bonds. The number of hydrogen-bond acceptors (Lipinski definition) is 3. The maximum absolute atomic E-state index is 5.44. The number of nitrogens with zero attached hydrogens (tertiary/aromatic N) is 1. The lowest BCUT2D eigenvalue weighted by Gasteiger charge is -2.22. The first-order valence-corrected chi connectivity index (χ1v) is 5.25. The zero-order chi connectivity index (χ0) is 8.67. The summed E-state index contributed by atoms with van der Waals surface area (Å²) in [4.78, 5) is 5.73. The van der Waals surface area contributed by atoms with E-state index in [0.717, 1.165) is 18.6 Å². The van der Waals surface area contributed by atoms with Crippen LogP contribution in [0.4, 0.5) is 0 Å². The molecule has 0 aromatic carbocycles. The van der Waals surface area contributed by atoms with E-state index >= 15 is 0 Å². The van der Waals surface area contributed by atoms with Crippen LogP contribution in [-0.4, -0.2) is 11.6 Å². The van der Waals surface area contributed by atoms with Crippen molar-refractivity contribution in [3.05, 3.63) is 34.7 Å². The Kier molecular flexibility index (Phi) is 1.59. The highest BCUT2D eigenvalue weighted by Gasteiger charge is 2.26. The van der Waals surface area contributed by atoms with Crippen molar-refractivity contribution in [1.29, 1.82) is 0 Å². The van der Waals surface area contributed by atoms with E-state index in [2.05, 4.69) is 17.1 Å². The van der Waals surface area contributed by atoms with Gasteiger partial charge in [-0.25, -0.2) is 0 Å². The molecular weight excluding hydrogens is 182 g/mol. The van der Waals surface area contributed by atoms with Gasteiger partial charge in [-0.2, -0.15) is 0 Å². The van der Waals surface area contributed by atoms with Crippen molar-refractivity contribution in [2.45, 2.75) is 18.9 Å². The minimum atomic E-state index is 0.388. The Labute approximate surface area is 81.1 Å². The standard InChI is InChI=1S/C10H9NOS/c1-2-7-4-8-10(13-6-11-8)5-9(7)12-3-1/h1,3,5-6,8H,2,4H2. The quantitative estimate of drug-likeness (QED) is 0.587. The second kappa shape index (κ2) is 2.77. The van der Waals surface area contributed by atoms with Crippen molar-refractivity contribution in [3.8, 4) is 0 Å². The van der Waals surface area contributed by atoms with Gasteiger partial charge in [-0.3, -0.25) is 4.99 Å². The van der Waals surface area contributed by atoms with Crippen LogP contribution in [0.5, 0.6) is 0 Å². The van der Waals surface area contributed by atoms with E-state index in [4.69, 9.17) is 4.74 Å². The molecule has 2 aliphatic heterocycles. The number of allylic oxidation sites excluding steroid dienone is 2. The number of rotatable bonds is 0. The Morgan fingerprint density at radius 1 is 1.54 bits per heavy atom. The van der Waals surface area contributed by atoms with Gasteiger partial charge in [-0.1, -0.05) is 11.8 Å². The Morgan fingerprint density at radius 2 is 2.54 bits per heavy atom. The third-order valence-electron chi connectivity index (χ3n) is 2.48. The van der Waals surface area contributed by atoms with Crippen LogP contribution in [0, 0.1) is 0 Å². The van der Waals surface area contributed by atoms with Crippen molar-refractivity contribution in [1.82, 2.24) is 0 Å². The molecule has 2 nitrogen and oxygen atoms in total. The molecule has 13 heavy (non-hydrogen) atoms. The van der Waals surface area contributed by atoms with Crippen LogP contribution in [0.2, 0.25) is 0 Å². The molecule has 0 fully saturated rings. The van der Waals surface area contributed by atoms with Crippen LogP contribution in [0.1, 0.15) is 12.8 Å². The predicted molar refractivity (Wildman–Crippen MR) is 54.4 cm³/mol. The average molecular weight is 191 g/mol. The minimum Gasteiger partial charge on any atom is -0.465 e. The largest absolute Gasteiger partial charge is 0.465 e. The van der Waals surface area contributed by atoms with E-state index in [1.54, 1.807) is 18.0 Å². The smallest absolute Gasteiger partial charge is 0.126 e. The van der Waals surface area contributed by atoms with Crippen LogP contribution in [0.3, 0.4) is 0 Å². The summed E-state index contributed by atoms with van der Waals surface area (Å²) in [7, 11) is 0. The second-order valence-electron chi connectivity index (χ2n) is 3.30. The zero-order valence-corrected chi connectivity index (χ0v) is 7.88. The molecule has 2 heterocycles. The molecule has 0 radical (unpaired) electrons. The summed E-state index contributed by atoms with van der Waals surface area (Å²) in [5.41, 5.74) is 3.32. The Bertz CT molecular complexity index is 365. The Balaban J connectivity index is 1.97. The molecular formula is C10H9NOS. The summed E-state index contributed by atoms with van der Waals surface area (Å²) in [5, 5.41) is 0. The monoisotopic (exact) mass is 191 g/mol. The summed E-state index contributed by atoms with van der Waals surface area (Å²) in [6.45, 7) is 0. The molecule has 66 valence electrons. The minimum absolute atomic E-state index is 0.388. The van der Waals surface area contributed by atoms with Crippen LogP contribution >= 0.6 is 11.8 Å². The van der Waals surface area contributed by atoms with E-state index in [0.29, 0.717) is 6.04 Å². The van der Waals surface area contributed by atoms with Gasteiger partial charge >= 0.3 is 0 Å². The fourth-order valence-electron chi connectivity index (χ4n) is 1.78. The molecule has 3 rings (SSSR count). The average Bonchev–Trinajstić information content (AvgIpc) is 2.61. The van der Waals surface area contributed by atoms with Crippen molar-refractivity contribution in [2.24, 2.45) is 4.99 Å². The fraction of sp³-hybridized carbons (Fsp3) is 0.300. The van der Waals surface area contributed by atoms with Crippen LogP contribution in [0.25, 0.3) is 0 Å². The van der Waals surface area contributed by atoms with Crippen molar-refractivity contribution < 1.29 is 4.74 Å². The molecule has 3 aliphatic rings. The summed E-state index contributed by atoms with van der Waals surface area (Å²) in [6.07, 6.45) is 8.02. The molecule has 0 bridgehead atoms. The van der Waals surface area contributed by atoms with Gasteiger partial charge in [0, 0.05) is 4.91 Å². The molecule has 1 atom stereocenters. The maximum atomic E-state index is 5.44. The van der Waals surface area contributed by atoms with Gasteiger partial charge in [0.2, 0.25) is 0 Å². The van der Waals surface area contributed by atoms with Gasteiger partial charge in [-0.15, -0.1) is 0 Å². The number of ether oxygens (including phenoxy) is 1. The van der Waals surface area contributed by atoms with Gasteiger partial charge in [0.25, 0.3) is 0 Å². The van der Waals surface area contributed by atoms with E-state index in [9.17, 15) is 0 Å². The fourth-order valence-corrected chi connectivity index (χ4v) is 2.58. The van der Waals surface area contributed by atoms with Crippen LogP contribution in [0.15, 0.2) is 39.6 Å². The summed E-state index contributed by atoms with van der Waals surface area (Å²) < 4.78 is 5.44. The van der Waals surface area contributed by atoms with Gasteiger partial charge in [0.05, 0.1) is 17.9 Å². The maximum Gasteiger partial charge on any atom is 0.126 e. The van der Waals surface area contributed by atoms with E-state index in [1.165, 1.54) is 10.5 Å². The first-order valence-electron chi connectivity index (χ1n) is 4.37. The van der Waals surface area contributed by atoms with Crippen molar-refractivity contribution in [2.75, 3.05) is 0 Å². The Hall–Kier alpha value is -0.960. The van der Waals surface area contributed by atoms with Crippen molar-refractivity contribution >= 4 is 17.3 Å². The molecule has 0 aromatic heterocycles. The molecule has 0 N–H and O–H groups in total. The number of hydrogen-bond donors (Lipinski definition) is 0. The summed E-state index contributed by atoms with van der Waals surface area (Å²) in [6, 6.07) is 0.388. The number of aliphatic imine (C=N–C) groups is 1. The lowest BCUT2D eigenvalue weighted by atomic mass is 9.96.